The van der Waals surface area contributed by atoms with E-state index in [1.165, 1.54) is 33.4 Å². The van der Waals surface area contributed by atoms with Crippen molar-refractivity contribution < 1.29 is 0 Å². The average Bonchev–Trinajstić information content (AvgIpc) is 2.93. The van der Waals surface area contributed by atoms with Crippen molar-refractivity contribution in [1.82, 2.24) is 0 Å². The van der Waals surface area contributed by atoms with Gasteiger partial charge >= 0.3 is 0 Å². The second-order valence-electron chi connectivity index (χ2n) is 6.57. The van der Waals surface area contributed by atoms with Crippen molar-refractivity contribution in [3.8, 4) is 0 Å². The first kappa shape index (κ1) is 15.7. The van der Waals surface area contributed by atoms with Crippen LogP contribution in [0.15, 0.2) is 103 Å². The van der Waals surface area contributed by atoms with E-state index < -0.39 is 0 Å². The fraction of sp³-hybridized carbons (Fsp3) is 0.120. The van der Waals surface area contributed by atoms with Gasteiger partial charge in [-0.15, -0.1) is 0 Å². The van der Waals surface area contributed by atoms with Crippen molar-refractivity contribution in [2.75, 3.05) is 0 Å². The zero-order valence-electron chi connectivity index (χ0n) is 14.7. The van der Waals surface area contributed by atoms with Gasteiger partial charge in [0.2, 0.25) is 0 Å². The van der Waals surface area contributed by atoms with E-state index in [9.17, 15) is 0 Å². The third kappa shape index (κ3) is 2.21. The molecule has 25 heavy (non-hydrogen) atoms. The zero-order valence-corrected chi connectivity index (χ0v) is 14.7. The van der Waals surface area contributed by atoms with Crippen LogP contribution in [0.4, 0.5) is 0 Å². The Balaban J connectivity index is 2.17. The van der Waals surface area contributed by atoms with Gasteiger partial charge in [0, 0.05) is 0 Å². The van der Waals surface area contributed by atoms with Crippen molar-refractivity contribution in [1.29, 1.82) is 0 Å². The van der Waals surface area contributed by atoms with E-state index >= 15 is 0 Å². The molecule has 3 aromatic rings. The Morgan fingerprint density at radius 3 is 1.76 bits per heavy atom. The topological polar surface area (TPSA) is 0 Å². The molecule has 0 aromatic heterocycles. The highest BCUT2D eigenvalue weighted by atomic mass is 14.5. The number of rotatable bonds is 3. The van der Waals surface area contributed by atoms with Gasteiger partial charge in [0.25, 0.3) is 0 Å². The van der Waals surface area contributed by atoms with E-state index in [-0.39, 0.29) is 5.41 Å². The fourth-order valence-corrected chi connectivity index (χ4v) is 4.29. The average molecular weight is 322 g/mol. The van der Waals surface area contributed by atoms with Crippen molar-refractivity contribution in [3.63, 3.8) is 0 Å². The molecule has 0 nitrogen and oxygen atoms in total. The predicted octanol–water partition coefficient (Wildman–Crippen LogP) is 6.38. The number of hydrogen-bond donors (Lipinski definition) is 0. The minimum Gasteiger partial charge on any atom is -0.0873 e. The summed E-state index contributed by atoms with van der Waals surface area (Å²) >= 11 is 0. The quantitative estimate of drug-likeness (QED) is 0.524. The molecule has 0 atom stereocenters. The number of fused-ring (bicyclic) bond motifs is 1. The van der Waals surface area contributed by atoms with Gasteiger partial charge in [-0.25, -0.2) is 0 Å². The van der Waals surface area contributed by atoms with E-state index in [0.29, 0.717) is 0 Å². The molecule has 3 aromatic carbocycles. The fourth-order valence-electron chi connectivity index (χ4n) is 4.29. The molecule has 0 aliphatic heterocycles. The van der Waals surface area contributed by atoms with Crippen molar-refractivity contribution in [3.05, 3.63) is 125 Å². The number of hydrogen-bond acceptors (Lipinski definition) is 0. The Bertz CT molecular complexity index is 904. The molecule has 0 N–H and O–H groups in total. The largest absolute Gasteiger partial charge is 0.0873 e. The van der Waals surface area contributed by atoms with E-state index in [1.807, 2.05) is 0 Å². The maximum atomic E-state index is 2.29. The molecular formula is C25H22. The van der Waals surface area contributed by atoms with Crippen molar-refractivity contribution in [2.45, 2.75) is 19.3 Å². The summed E-state index contributed by atoms with van der Waals surface area (Å²) < 4.78 is 0. The lowest BCUT2D eigenvalue weighted by Gasteiger charge is -2.34. The maximum Gasteiger partial charge on any atom is 0.0710 e. The van der Waals surface area contributed by atoms with Gasteiger partial charge in [-0.05, 0) is 47.2 Å². The van der Waals surface area contributed by atoms with E-state index in [2.05, 4.69) is 111 Å². The standard InChI is InChI=1S/C25H22/c1-3-12-23-19(2)22-17-10-11-18-24(22)25(23,20-13-6-4-7-14-20)21-15-8-5-9-16-21/h3-18H,1-2H3/b12-3-. The van der Waals surface area contributed by atoms with Crippen molar-refractivity contribution >= 4 is 5.57 Å². The van der Waals surface area contributed by atoms with E-state index in [0.717, 1.165) is 0 Å². The van der Waals surface area contributed by atoms with Crippen LogP contribution in [0.3, 0.4) is 0 Å². The van der Waals surface area contributed by atoms with E-state index in [1.54, 1.807) is 0 Å². The summed E-state index contributed by atoms with van der Waals surface area (Å²) in [6.07, 6.45) is 4.45. The normalized spacial score (nSPS) is 15.6. The summed E-state index contributed by atoms with van der Waals surface area (Å²) in [6, 6.07) is 30.6. The van der Waals surface area contributed by atoms with Crippen LogP contribution in [0.1, 0.15) is 36.1 Å². The van der Waals surface area contributed by atoms with Crippen LogP contribution in [0.2, 0.25) is 0 Å². The van der Waals surface area contributed by atoms with E-state index in [4.69, 9.17) is 0 Å². The molecule has 122 valence electrons. The third-order valence-corrected chi connectivity index (χ3v) is 5.29. The summed E-state index contributed by atoms with van der Waals surface area (Å²) in [5.74, 6) is 0. The second-order valence-corrected chi connectivity index (χ2v) is 6.57. The first-order valence-corrected chi connectivity index (χ1v) is 8.85. The molecule has 0 radical (unpaired) electrons. The first-order valence-electron chi connectivity index (χ1n) is 8.85. The van der Waals surface area contributed by atoms with Crippen LogP contribution >= 0.6 is 0 Å². The second kappa shape index (κ2) is 6.22. The van der Waals surface area contributed by atoms with Crippen LogP contribution in [0, 0.1) is 0 Å². The Morgan fingerprint density at radius 2 is 1.20 bits per heavy atom. The third-order valence-electron chi connectivity index (χ3n) is 5.29. The first-order chi connectivity index (χ1) is 12.3. The highest BCUT2D eigenvalue weighted by Gasteiger charge is 2.45. The molecule has 0 heteroatoms. The highest BCUT2D eigenvalue weighted by molar-refractivity contribution is 5.86. The monoisotopic (exact) mass is 322 g/mol. The zero-order chi connectivity index (χ0) is 17.3. The molecule has 0 saturated carbocycles. The van der Waals surface area contributed by atoms with Gasteiger partial charge < -0.3 is 0 Å². The Labute approximate surface area is 150 Å². The molecule has 1 aliphatic carbocycles. The number of benzene rings is 3. The lowest BCUT2D eigenvalue weighted by atomic mass is 9.67. The SMILES string of the molecule is C/C=C\C1=C(C)c2ccccc2C1(c1ccccc1)c1ccccc1. The molecular weight excluding hydrogens is 300 g/mol. The lowest BCUT2D eigenvalue weighted by molar-refractivity contribution is 0.761. The van der Waals surface area contributed by atoms with Gasteiger partial charge in [-0.3, -0.25) is 0 Å². The van der Waals surface area contributed by atoms with Gasteiger partial charge in [0.1, 0.15) is 0 Å². The summed E-state index contributed by atoms with van der Waals surface area (Å²) in [6.45, 7) is 4.35. The van der Waals surface area contributed by atoms with Crippen LogP contribution < -0.4 is 0 Å². The Hall–Kier alpha value is -2.86. The molecule has 1 aliphatic rings. The Kier molecular flexibility index (Phi) is 3.89. The molecule has 0 heterocycles. The smallest absolute Gasteiger partial charge is 0.0710 e. The molecule has 0 amide bonds. The molecule has 0 spiro atoms. The minimum atomic E-state index is -0.254. The van der Waals surface area contributed by atoms with Gasteiger partial charge in [0.05, 0.1) is 5.41 Å². The lowest BCUT2D eigenvalue weighted by Crippen LogP contribution is -2.29. The van der Waals surface area contributed by atoms with Gasteiger partial charge in [-0.1, -0.05) is 97.1 Å². The number of allylic oxidation sites excluding steroid dienone is 4. The predicted molar refractivity (Wildman–Crippen MR) is 107 cm³/mol. The molecule has 0 bridgehead atoms. The molecule has 0 unspecified atom stereocenters. The summed E-state index contributed by atoms with van der Waals surface area (Å²) in [5.41, 5.74) is 7.84. The molecule has 0 saturated heterocycles. The van der Waals surface area contributed by atoms with Crippen LogP contribution in [0.5, 0.6) is 0 Å². The molecule has 4 rings (SSSR count). The Morgan fingerprint density at radius 1 is 0.680 bits per heavy atom. The molecule has 0 fully saturated rings. The summed E-state index contributed by atoms with van der Waals surface area (Å²) in [5, 5.41) is 0. The van der Waals surface area contributed by atoms with Crippen molar-refractivity contribution in [2.24, 2.45) is 0 Å². The van der Waals surface area contributed by atoms with Gasteiger partial charge in [-0.2, -0.15) is 0 Å². The summed E-state index contributed by atoms with van der Waals surface area (Å²) in [4.78, 5) is 0. The highest BCUT2D eigenvalue weighted by Crippen LogP contribution is 2.54. The minimum absolute atomic E-state index is 0.254. The van der Waals surface area contributed by atoms with Gasteiger partial charge in [0.15, 0.2) is 0 Å². The van der Waals surface area contributed by atoms with Crippen LogP contribution in [-0.2, 0) is 5.41 Å². The maximum absolute atomic E-state index is 2.29. The van der Waals surface area contributed by atoms with Crippen LogP contribution in [0.25, 0.3) is 5.57 Å². The van der Waals surface area contributed by atoms with Crippen LogP contribution in [-0.4, -0.2) is 0 Å². The summed E-state index contributed by atoms with van der Waals surface area (Å²) in [7, 11) is 0.